The van der Waals surface area contributed by atoms with Crippen molar-refractivity contribution in [3.8, 4) is 17.2 Å². The van der Waals surface area contributed by atoms with Crippen LogP contribution >= 0.6 is 0 Å². The lowest BCUT2D eigenvalue weighted by Gasteiger charge is -2.24. The fraction of sp³-hybridized carbons (Fsp3) is 0.355. The zero-order valence-electron chi connectivity index (χ0n) is 22.6. The smallest absolute Gasteiger partial charge is 0.326 e. The molecule has 0 radical (unpaired) electrons. The van der Waals surface area contributed by atoms with Crippen LogP contribution in [0.4, 0.5) is 16.2 Å². The highest BCUT2D eigenvalue weighted by molar-refractivity contribution is 6.01. The van der Waals surface area contributed by atoms with Gasteiger partial charge in [0.25, 0.3) is 0 Å². The van der Waals surface area contributed by atoms with Crippen LogP contribution in [0.5, 0.6) is 17.2 Å². The lowest BCUT2D eigenvalue weighted by Crippen LogP contribution is -2.38. The maximum Gasteiger partial charge on any atom is 0.326 e. The number of carbonyl (C=O) groups is 2. The van der Waals surface area contributed by atoms with Crippen LogP contribution in [0.3, 0.4) is 0 Å². The quantitative estimate of drug-likeness (QED) is 0.221. The van der Waals surface area contributed by atoms with E-state index in [-0.39, 0.29) is 17.9 Å². The van der Waals surface area contributed by atoms with Gasteiger partial charge in [0.15, 0.2) is 0 Å². The van der Waals surface area contributed by atoms with E-state index in [2.05, 4.69) is 24.5 Å². The first-order valence-corrected chi connectivity index (χ1v) is 13.4. The number of rotatable bonds is 14. The van der Waals surface area contributed by atoms with Crippen LogP contribution in [0.2, 0.25) is 0 Å². The van der Waals surface area contributed by atoms with E-state index in [1.807, 2.05) is 54.6 Å². The van der Waals surface area contributed by atoms with Gasteiger partial charge in [-0.15, -0.1) is 0 Å². The van der Waals surface area contributed by atoms with Crippen LogP contribution in [0.25, 0.3) is 0 Å². The van der Waals surface area contributed by atoms with Gasteiger partial charge in [-0.25, -0.2) is 4.79 Å². The summed E-state index contributed by atoms with van der Waals surface area (Å²) in [7, 11) is 1.60. The molecule has 0 saturated heterocycles. The second-order valence-corrected chi connectivity index (χ2v) is 9.11. The van der Waals surface area contributed by atoms with Crippen molar-refractivity contribution in [1.82, 2.24) is 5.32 Å². The summed E-state index contributed by atoms with van der Waals surface area (Å²) in [4.78, 5) is 27.6. The fourth-order valence-corrected chi connectivity index (χ4v) is 4.10. The van der Waals surface area contributed by atoms with E-state index in [4.69, 9.17) is 9.47 Å². The molecule has 0 heterocycles. The number of methoxy groups -OCH3 is 1. The monoisotopic (exact) mass is 517 g/mol. The Labute approximate surface area is 226 Å². The number of hydrogen-bond donors (Lipinski definition) is 2. The number of urea groups is 1. The number of amides is 3. The average Bonchev–Trinajstić information content (AvgIpc) is 2.95. The maximum atomic E-state index is 13.3. The van der Waals surface area contributed by atoms with Crippen molar-refractivity contribution in [2.45, 2.75) is 46.0 Å². The molecule has 3 amide bonds. The van der Waals surface area contributed by atoms with E-state index in [0.29, 0.717) is 36.7 Å². The number of benzene rings is 3. The van der Waals surface area contributed by atoms with Gasteiger partial charge in [0.1, 0.15) is 17.2 Å². The predicted molar refractivity (Wildman–Crippen MR) is 153 cm³/mol. The summed E-state index contributed by atoms with van der Waals surface area (Å²) in [6.45, 7) is 5.13. The molecular formula is C31H39N3O4. The third-order valence-corrected chi connectivity index (χ3v) is 6.34. The standard InChI is InChI=1S/C31H39N3O4/c1-4-6-11-24(5-2)30(35)32-22-10-23-34(31(36)33-25-14-18-27(37-3)19-15-25)26-16-20-29(21-17-26)38-28-12-8-7-9-13-28/h7-9,12-21,24H,4-6,10-11,22-23H2,1-3H3,(H,32,35)(H,33,36). The third kappa shape index (κ3) is 8.83. The highest BCUT2D eigenvalue weighted by Crippen LogP contribution is 2.25. The summed E-state index contributed by atoms with van der Waals surface area (Å²) in [6, 6.07) is 23.9. The highest BCUT2D eigenvalue weighted by atomic mass is 16.5. The van der Waals surface area contributed by atoms with Crippen LogP contribution < -0.4 is 25.0 Å². The maximum absolute atomic E-state index is 13.3. The van der Waals surface area contributed by atoms with E-state index in [1.165, 1.54) is 0 Å². The Morgan fingerprint density at radius 1 is 0.842 bits per heavy atom. The third-order valence-electron chi connectivity index (χ3n) is 6.34. The Balaban J connectivity index is 1.66. The van der Waals surface area contributed by atoms with Crippen molar-refractivity contribution < 1.29 is 19.1 Å². The first-order valence-electron chi connectivity index (χ1n) is 13.4. The molecule has 202 valence electrons. The van der Waals surface area contributed by atoms with Crippen molar-refractivity contribution in [2.75, 3.05) is 30.4 Å². The zero-order chi connectivity index (χ0) is 27.2. The number of para-hydroxylation sites is 1. The van der Waals surface area contributed by atoms with Crippen molar-refractivity contribution in [3.05, 3.63) is 78.9 Å². The minimum absolute atomic E-state index is 0.0431. The minimum atomic E-state index is -0.257. The number of carbonyl (C=O) groups excluding carboxylic acids is 2. The molecule has 0 aromatic heterocycles. The van der Waals surface area contributed by atoms with Gasteiger partial charge in [-0.3, -0.25) is 9.69 Å². The second kappa shape index (κ2) is 15.3. The summed E-state index contributed by atoms with van der Waals surface area (Å²) in [6.07, 6.45) is 4.49. The normalized spacial score (nSPS) is 11.3. The molecule has 38 heavy (non-hydrogen) atoms. The van der Waals surface area contributed by atoms with Crippen molar-refractivity contribution in [2.24, 2.45) is 5.92 Å². The second-order valence-electron chi connectivity index (χ2n) is 9.11. The number of anilines is 2. The van der Waals surface area contributed by atoms with Gasteiger partial charge in [-0.1, -0.05) is 44.9 Å². The first kappa shape index (κ1) is 28.6. The summed E-state index contributed by atoms with van der Waals surface area (Å²) in [5.41, 5.74) is 1.40. The van der Waals surface area contributed by atoms with Gasteiger partial charge in [0, 0.05) is 30.4 Å². The Morgan fingerprint density at radius 2 is 1.50 bits per heavy atom. The molecule has 3 rings (SSSR count). The van der Waals surface area contributed by atoms with E-state index in [1.54, 1.807) is 36.3 Å². The molecule has 0 spiro atoms. The van der Waals surface area contributed by atoms with Gasteiger partial charge in [-0.2, -0.15) is 0 Å². The molecule has 0 aliphatic rings. The summed E-state index contributed by atoms with van der Waals surface area (Å²) < 4.78 is 11.1. The Morgan fingerprint density at radius 3 is 2.13 bits per heavy atom. The van der Waals surface area contributed by atoms with Gasteiger partial charge < -0.3 is 20.1 Å². The number of unbranched alkanes of at least 4 members (excludes halogenated alkanes) is 1. The van der Waals surface area contributed by atoms with E-state index >= 15 is 0 Å². The molecule has 7 heteroatoms. The van der Waals surface area contributed by atoms with Crippen LogP contribution in [-0.2, 0) is 4.79 Å². The molecule has 1 unspecified atom stereocenters. The number of nitrogens with zero attached hydrogens (tertiary/aromatic N) is 1. The molecule has 7 nitrogen and oxygen atoms in total. The van der Waals surface area contributed by atoms with Crippen LogP contribution in [0.15, 0.2) is 78.9 Å². The average molecular weight is 518 g/mol. The number of hydrogen-bond acceptors (Lipinski definition) is 4. The van der Waals surface area contributed by atoms with Gasteiger partial charge in [-0.05, 0) is 79.9 Å². The molecule has 0 fully saturated rings. The van der Waals surface area contributed by atoms with Gasteiger partial charge in [0.2, 0.25) is 5.91 Å². The highest BCUT2D eigenvalue weighted by Gasteiger charge is 2.18. The van der Waals surface area contributed by atoms with E-state index < -0.39 is 0 Å². The minimum Gasteiger partial charge on any atom is -0.497 e. The lowest BCUT2D eigenvalue weighted by atomic mass is 9.98. The molecule has 3 aromatic carbocycles. The zero-order valence-corrected chi connectivity index (χ0v) is 22.6. The largest absolute Gasteiger partial charge is 0.497 e. The molecule has 2 N–H and O–H groups in total. The molecular weight excluding hydrogens is 478 g/mol. The Kier molecular flexibility index (Phi) is 11.5. The van der Waals surface area contributed by atoms with Crippen LogP contribution in [0, 0.1) is 5.92 Å². The SMILES string of the molecule is CCCCC(CC)C(=O)NCCCN(C(=O)Nc1ccc(OC)cc1)c1ccc(Oc2ccccc2)cc1. The predicted octanol–water partition coefficient (Wildman–Crippen LogP) is 7.25. The van der Waals surface area contributed by atoms with Crippen molar-refractivity contribution in [3.63, 3.8) is 0 Å². The molecule has 0 aliphatic carbocycles. The molecule has 1 atom stereocenters. The topological polar surface area (TPSA) is 79.9 Å². The molecule has 0 saturated carbocycles. The summed E-state index contributed by atoms with van der Waals surface area (Å²) in [5.74, 6) is 2.28. The van der Waals surface area contributed by atoms with E-state index in [9.17, 15) is 9.59 Å². The molecule has 0 aliphatic heterocycles. The fourth-order valence-electron chi connectivity index (χ4n) is 4.10. The van der Waals surface area contributed by atoms with Crippen molar-refractivity contribution >= 4 is 23.3 Å². The van der Waals surface area contributed by atoms with Crippen LogP contribution in [-0.4, -0.2) is 32.1 Å². The van der Waals surface area contributed by atoms with Crippen LogP contribution in [0.1, 0.15) is 46.0 Å². The van der Waals surface area contributed by atoms with Gasteiger partial charge in [0.05, 0.1) is 7.11 Å². The Bertz CT molecular complexity index is 1120. The Hall–Kier alpha value is -4.00. The number of ether oxygens (including phenoxy) is 2. The first-order chi connectivity index (χ1) is 18.5. The van der Waals surface area contributed by atoms with E-state index in [0.717, 1.165) is 37.1 Å². The molecule has 0 bridgehead atoms. The lowest BCUT2D eigenvalue weighted by molar-refractivity contribution is -0.125. The van der Waals surface area contributed by atoms with Gasteiger partial charge >= 0.3 is 6.03 Å². The number of nitrogens with one attached hydrogen (secondary N) is 2. The molecule has 3 aromatic rings. The summed E-state index contributed by atoms with van der Waals surface area (Å²) in [5, 5.41) is 6.02. The van der Waals surface area contributed by atoms with Crippen molar-refractivity contribution in [1.29, 1.82) is 0 Å². The summed E-state index contributed by atoms with van der Waals surface area (Å²) >= 11 is 0.